The number of likely N-dealkylation sites (tertiary alicyclic amines) is 1. The molecule has 3 aromatic rings. The number of hydrogen-bond acceptors (Lipinski definition) is 13. The largest absolute Gasteiger partial charge is 0.497 e. The van der Waals surface area contributed by atoms with E-state index in [0.717, 1.165) is 0 Å². The Morgan fingerprint density at radius 2 is 1.13 bits per heavy atom. The third-order valence-electron chi connectivity index (χ3n) is 12.7. The molecular formula is C53H74N14O11. The summed E-state index contributed by atoms with van der Waals surface area (Å²) in [6, 6.07) is 14.8. The smallest absolute Gasteiger partial charge is 0.245 e. The van der Waals surface area contributed by atoms with Crippen LogP contribution < -0.4 is 71.0 Å². The number of carbonyl (C=O) groups is 10. The first-order valence-electron chi connectivity index (χ1n) is 25.7. The van der Waals surface area contributed by atoms with Crippen LogP contribution in [0.3, 0.4) is 0 Å². The van der Waals surface area contributed by atoms with E-state index >= 15 is 0 Å². The molecule has 0 unspecified atom stereocenters. The maximum Gasteiger partial charge on any atom is 0.245 e. The minimum Gasteiger partial charge on any atom is -0.497 e. The Bertz CT molecular complexity index is 2550. The molecule has 18 N–H and O–H groups in total. The standard InChI is InChI=1S/C53H74N14O11/c1-78-35-21-19-34(20-22-35)29-39(61-45(70)30-33-14-6-3-7-15-33)48(73)65-40(28-32-12-4-2-5-13-32)49(74)63-37(23-24-43(55)68)47(72)66-41(31-44(56)69)50(75)64-38(16-8-9-25-54)52(77)67-27-11-18-42(67)51(76)62-36(46(57)71)17-10-26-60-53(58)59/h2-7,12-15,19-22,36-42H,8-11,16-18,23-31,54H2,1H3,(H2,55,68)(H2,56,69)(H2,57,71)(H,61,70)(H,62,76)(H,63,74)(H,64,75)(H,65,73)(H,66,72)(H4,58,59,60)/t36-,37-,38-,39+,40-,41-,42-/m0/s1. The van der Waals surface area contributed by atoms with Gasteiger partial charge >= 0.3 is 0 Å². The van der Waals surface area contributed by atoms with Crippen molar-refractivity contribution in [2.75, 3.05) is 26.7 Å². The normalized spacial score (nSPS) is 15.1. The van der Waals surface area contributed by atoms with Gasteiger partial charge in [-0.3, -0.25) is 52.9 Å². The van der Waals surface area contributed by atoms with Crippen LogP contribution in [0.4, 0.5) is 0 Å². The van der Waals surface area contributed by atoms with Crippen LogP contribution >= 0.6 is 0 Å². The Morgan fingerprint density at radius 1 is 0.590 bits per heavy atom. The molecule has 1 aliphatic heterocycles. The summed E-state index contributed by atoms with van der Waals surface area (Å²) in [5, 5.41) is 15.8. The van der Waals surface area contributed by atoms with Gasteiger partial charge in [-0.25, -0.2) is 0 Å². The Kier molecular flexibility index (Phi) is 25.5. The van der Waals surface area contributed by atoms with Crippen molar-refractivity contribution in [1.29, 1.82) is 0 Å². The monoisotopic (exact) mass is 1080 g/mol. The summed E-state index contributed by atoms with van der Waals surface area (Å²) in [7, 11) is 1.50. The van der Waals surface area contributed by atoms with Crippen LogP contribution in [0.5, 0.6) is 5.75 Å². The Hall–Kier alpha value is -8.61. The molecule has 25 heteroatoms. The number of methoxy groups -OCH3 is 1. The summed E-state index contributed by atoms with van der Waals surface area (Å²) >= 11 is 0. The van der Waals surface area contributed by atoms with Crippen molar-refractivity contribution in [2.45, 2.75) is 126 Å². The number of aliphatic imine (C=N–C) groups is 1. The number of nitrogens with one attached hydrogen (secondary N) is 6. The zero-order valence-corrected chi connectivity index (χ0v) is 43.8. The molecule has 78 heavy (non-hydrogen) atoms. The molecule has 1 heterocycles. The van der Waals surface area contributed by atoms with E-state index in [-0.39, 0.29) is 64.1 Å². The maximum absolute atomic E-state index is 14.5. The highest BCUT2D eigenvalue weighted by atomic mass is 16.5. The first kappa shape index (κ1) is 61.9. The highest BCUT2D eigenvalue weighted by molar-refractivity contribution is 5.99. The molecule has 4 rings (SSSR count). The summed E-state index contributed by atoms with van der Waals surface area (Å²) < 4.78 is 5.28. The minimum atomic E-state index is -1.75. The average Bonchev–Trinajstić information content (AvgIpc) is 3.90. The zero-order valence-electron chi connectivity index (χ0n) is 43.8. The maximum atomic E-state index is 14.5. The van der Waals surface area contributed by atoms with E-state index in [9.17, 15) is 47.9 Å². The molecule has 0 saturated carbocycles. The van der Waals surface area contributed by atoms with Crippen LogP contribution in [0.25, 0.3) is 0 Å². The number of benzene rings is 3. The molecule has 0 aliphatic carbocycles. The molecule has 0 bridgehead atoms. The van der Waals surface area contributed by atoms with Crippen LogP contribution in [-0.2, 0) is 67.2 Å². The topological polar surface area (TPSA) is 424 Å². The summed E-state index contributed by atoms with van der Waals surface area (Å²) in [5.74, 6) is -7.87. The fourth-order valence-corrected chi connectivity index (χ4v) is 8.66. The van der Waals surface area contributed by atoms with Crippen molar-refractivity contribution in [3.8, 4) is 5.75 Å². The lowest BCUT2D eigenvalue weighted by molar-refractivity contribution is -0.142. The number of ether oxygens (including phenoxy) is 1. The van der Waals surface area contributed by atoms with Gasteiger partial charge in [0.15, 0.2) is 5.96 Å². The van der Waals surface area contributed by atoms with Gasteiger partial charge < -0.3 is 75.9 Å². The first-order chi connectivity index (χ1) is 37.3. The fourth-order valence-electron chi connectivity index (χ4n) is 8.66. The second-order valence-electron chi connectivity index (χ2n) is 18.8. The van der Waals surface area contributed by atoms with Crippen molar-refractivity contribution in [3.63, 3.8) is 0 Å². The predicted molar refractivity (Wildman–Crippen MR) is 288 cm³/mol. The van der Waals surface area contributed by atoms with Gasteiger partial charge in [-0.2, -0.15) is 0 Å². The van der Waals surface area contributed by atoms with Gasteiger partial charge in [0.05, 0.1) is 20.0 Å². The van der Waals surface area contributed by atoms with Crippen LogP contribution in [0.15, 0.2) is 89.9 Å². The van der Waals surface area contributed by atoms with E-state index < -0.39 is 121 Å². The van der Waals surface area contributed by atoms with E-state index in [1.165, 1.54) is 12.0 Å². The molecule has 1 saturated heterocycles. The number of unbranched alkanes of at least 4 members (excludes halogenated alkanes) is 1. The van der Waals surface area contributed by atoms with E-state index in [0.29, 0.717) is 48.1 Å². The van der Waals surface area contributed by atoms with Crippen molar-refractivity contribution in [2.24, 2.45) is 39.4 Å². The molecule has 1 fully saturated rings. The predicted octanol–water partition coefficient (Wildman–Crippen LogP) is -2.57. The second kappa shape index (κ2) is 32.1. The lowest BCUT2D eigenvalue weighted by atomic mass is 10.0. The number of amides is 10. The fraction of sp³-hybridized carbons (Fsp3) is 0.453. The average molecular weight is 1080 g/mol. The number of nitrogens with two attached hydrogens (primary N) is 6. The van der Waals surface area contributed by atoms with Crippen molar-refractivity contribution >= 4 is 65.0 Å². The van der Waals surface area contributed by atoms with Crippen molar-refractivity contribution in [1.82, 2.24) is 36.8 Å². The van der Waals surface area contributed by atoms with Gasteiger partial charge in [-0.15, -0.1) is 0 Å². The molecule has 10 amide bonds. The Balaban J connectivity index is 1.58. The number of primary amides is 3. The van der Waals surface area contributed by atoms with Crippen molar-refractivity contribution < 1.29 is 52.7 Å². The highest BCUT2D eigenvalue weighted by Crippen LogP contribution is 2.21. The molecule has 0 radical (unpaired) electrons. The minimum absolute atomic E-state index is 0.00254. The molecule has 7 atom stereocenters. The first-order valence-corrected chi connectivity index (χ1v) is 25.7. The lowest BCUT2D eigenvalue weighted by Crippen LogP contribution is -2.60. The van der Waals surface area contributed by atoms with Gasteiger partial charge in [-0.1, -0.05) is 72.8 Å². The molecule has 25 nitrogen and oxygen atoms in total. The van der Waals surface area contributed by atoms with Gasteiger partial charge in [0, 0.05) is 32.4 Å². The Labute approximate surface area is 452 Å². The molecule has 0 spiro atoms. The molecule has 1 aliphatic rings. The number of rotatable bonds is 33. The number of carbonyl (C=O) groups excluding carboxylic acids is 10. The number of nitrogens with zero attached hydrogens (tertiary/aromatic N) is 2. The van der Waals surface area contributed by atoms with E-state index in [4.69, 9.17) is 39.1 Å². The van der Waals surface area contributed by atoms with Gasteiger partial charge in [-0.05, 0) is 86.7 Å². The third kappa shape index (κ3) is 21.2. The van der Waals surface area contributed by atoms with Gasteiger partial charge in [0.1, 0.15) is 48.0 Å². The molecule has 422 valence electrons. The third-order valence-corrected chi connectivity index (χ3v) is 12.7. The quantitative estimate of drug-likeness (QED) is 0.0170. The van der Waals surface area contributed by atoms with E-state index in [1.54, 1.807) is 84.9 Å². The zero-order chi connectivity index (χ0) is 57.1. The lowest BCUT2D eigenvalue weighted by Gasteiger charge is -2.31. The van der Waals surface area contributed by atoms with Crippen LogP contribution in [0.1, 0.15) is 80.9 Å². The van der Waals surface area contributed by atoms with Gasteiger partial charge in [0.25, 0.3) is 0 Å². The summed E-state index contributed by atoms with van der Waals surface area (Å²) in [5.41, 5.74) is 35.1. The summed E-state index contributed by atoms with van der Waals surface area (Å²) in [6.45, 7) is 0.514. The SMILES string of the molecule is COc1ccc(C[C@@H](NC(=O)Cc2ccccc2)C(=O)N[C@@H](Cc2ccccc2)C(=O)N[C@@H](CCC(N)=O)C(=O)N[C@@H](CC(N)=O)C(=O)N[C@@H](CCCCN)C(=O)N2CCC[C@H]2C(=O)N[C@@H](CCCN=C(N)N)C(N)=O)cc1. The number of hydrogen-bond donors (Lipinski definition) is 12. The van der Waals surface area contributed by atoms with Crippen LogP contribution in [0.2, 0.25) is 0 Å². The highest BCUT2D eigenvalue weighted by Gasteiger charge is 2.40. The van der Waals surface area contributed by atoms with Gasteiger partial charge in [0.2, 0.25) is 59.1 Å². The van der Waals surface area contributed by atoms with Crippen LogP contribution in [0, 0.1) is 0 Å². The summed E-state index contributed by atoms with van der Waals surface area (Å²) in [6.07, 6.45) is -0.0365. The second-order valence-corrected chi connectivity index (χ2v) is 18.8. The Morgan fingerprint density at radius 3 is 1.71 bits per heavy atom. The van der Waals surface area contributed by atoms with E-state index in [1.807, 2.05) is 0 Å². The summed E-state index contributed by atoms with van der Waals surface area (Å²) in [4.78, 5) is 141. The molecule has 0 aromatic heterocycles. The molecule has 3 aromatic carbocycles. The molecular weight excluding hydrogens is 1010 g/mol. The van der Waals surface area contributed by atoms with Crippen LogP contribution in [-0.4, -0.2) is 139 Å². The van der Waals surface area contributed by atoms with E-state index in [2.05, 4.69) is 36.9 Å². The number of guanidine groups is 1. The van der Waals surface area contributed by atoms with Crippen molar-refractivity contribution in [3.05, 3.63) is 102 Å².